The lowest BCUT2D eigenvalue weighted by Gasteiger charge is -1.92. The van der Waals surface area contributed by atoms with E-state index in [4.69, 9.17) is 5.11 Å². The largest absolute Gasteiger partial charge is 0.478 e. The topological polar surface area (TPSA) is 93.0 Å². The standard InChI is InChI=1S/C5H5NO3.C4H6O2/c1-4(6-3-7)9-5(2)8;1-3(2)4(5)6/h1H2,2H3;1H2,2H3,(H,5,6). The summed E-state index contributed by atoms with van der Waals surface area (Å²) in [4.78, 5) is 32.0. The fourth-order valence-corrected chi connectivity index (χ4v) is 0.240. The summed E-state index contributed by atoms with van der Waals surface area (Å²) in [6.07, 6.45) is 1.17. The van der Waals surface area contributed by atoms with Crippen molar-refractivity contribution in [2.24, 2.45) is 4.99 Å². The second-order valence-corrected chi connectivity index (χ2v) is 2.28. The van der Waals surface area contributed by atoms with Crippen LogP contribution in [0, 0.1) is 0 Å². The molecule has 0 aromatic rings. The molecule has 0 rings (SSSR count). The Bertz CT molecular complexity index is 313. The van der Waals surface area contributed by atoms with Crippen molar-refractivity contribution in [3.63, 3.8) is 0 Å². The van der Waals surface area contributed by atoms with E-state index in [9.17, 15) is 14.4 Å². The van der Waals surface area contributed by atoms with E-state index in [1.807, 2.05) is 0 Å². The molecule has 82 valence electrons. The van der Waals surface area contributed by atoms with Gasteiger partial charge < -0.3 is 9.84 Å². The summed E-state index contributed by atoms with van der Waals surface area (Å²) in [6, 6.07) is 0. The van der Waals surface area contributed by atoms with Crippen molar-refractivity contribution < 1.29 is 24.2 Å². The maximum atomic E-state index is 10.1. The highest BCUT2D eigenvalue weighted by atomic mass is 16.5. The third-order valence-corrected chi connectivity index (χ3v) is 0.797. The Kier molecular flexibility index (Phi) is 8.56. The number of rotatable bonds is 3. The first-order valence-corrected chi connectivity index (χ1v) is 3.65. The Balaban J connectivity index is 0. The van der Waals surface area contributed by atoms with Crippen LogP contribution >= 0.6 is 0 Å². The highest BCUT2D eigenvalue weighted by Gasteiger charge is 1.93. The minimum absolute atomic E-state index is 0.176. The minimum atomic E-state index is -0.935. The van der Waals surface area contributed by atoms with Crippen LogP contribution in [0.3, 0.4) is 0 Å². The number of esters is 1. The van der Waals surface area contributed by atoms with Crippen LogP contribution in [-0.4, -0.2) is 23.1 Å². The second-order valence-electron chi connectivity index (χ2n) is 2.28. The van der Waals surface area contributed by atoms with Crippen LogP contribution in [0.15, 0.2) is 29.6 Å². The van der Waals surface area contributed by atoms with Crippen molar-refractivity contribution in [3.8, 4) is 0 Å². The molecule has 0 fully saturated rings. The molecule has 0 aromatic carbocycles. The van der Waals surface area contributed by atoms with E-state index in [-0.39, 0.29) is 11.5 Å². The molecule has 6 nitrogen and oxygen atoms in total. The van der Waals surface area contributed by atoms with Gasteiger partial charge in [0.2, 0.25) is 12.0 Å². The van der Waals surface area contributed by atoms with Gasteiger partial charge in [-0.15, -0.1) is 4.99 Å². The average Bonchev–Trinajstić information content (AvgIpc) is 2.03. The molecule has 0 saturated heterocycles. The predicted molar refractivity (Wildman–Crippen MR) is 51.5 cm³/mol. The first kappa shape index (κ1) is 15.3. The normalized spacial score (nSPS) is 7.33. The molecule has 0 unspecified atom stereocenters. The van der Waals surface area contributed by atoms with Gasteiger partial charge in [-0.3, -0.25) is 4.79 Å². The van der Waals surface area contributed by atoms with E-state index in [0.29, 0.717) is 0 Å². The van der Waals surface area contributed by atoms with Gasteiger partial charge in [-0.05, 0) is 13.5 Å². The quantitative estimate of drug-likeness (QED) is 0.248. The van der Waals surface area contributed by atoms with Gasteiger partial charge in [0.1, 0.15) is 0 Å². The van der Waals surface area contributed by atoms with Crippen LogP contribution in [0.25, 0.3) is 0 Å². The average molecular weight is 213 g/mol. The van der Waals surface area contributed by atoms with E-state index in [1.54, 1.807) is 0 Å². The van der Waals surface area contributed by atoms with Crippen molar-refractivity contribution in [2.45, 2.75) is 13.8 Å². The van der Waals surface area contributed by atoms with Gasteiger partial charge in [0.25, 0.3) is 0 Å². The molecule has 1 N–H and O–H groups in total. The molecule has 0 aliphatic carbocycles. The van der Waals surface area contributed by atoms with Crippen LogP contribution in [0.1, 0.15) is 13.8 Å². The van der Waals surface area contributed by atoms with Crippen molar-refractivity contribution in [1.82, 2.24) is 0 Å². The van der Waals surface area contributed by atoms with Gasteiger partial charge in [0, 0.05) is 12.5 Å². The summed E-state index contributed by atoms with van der Waals surface area (Å²) in [6.45, 7) is 8.90. The zero-order chi connectivity index (χ0) is 12.4. The molecule has 0 aliphatic rings. The molecular formula is C9H11NO5. The fraction of sp³-hybridized carbons (Fsp3) is 0.222. The Morgan fingerprint density at radius 3 is 1.93 bits per heavy atom. The Morgan fingerprint density at radius 2 is 1.73 bits per heavy atom. The molecule has 0 heterocycles. The molecule has 0 aromatic heterocycles. The van der Waals surface area contributed by atoms with Crippen molar-refractivity contribution in [1.29, 1.82) is 0 Å². The van der Waals surface area contributed by atoms with E-state index >= 15 is 0 Å². The summed E-state index contributed by atoms with van der Waals surface area (Å²) in [7, 11) is 0. The van der Waals surface area contributed by atoms with E-state index in [1.165, 1.54) is 19.9 Å². The van der Waals surface area contributed by atoms with Crippen molar-refractivity contribution >= 4 is 18.0 Å². The maximum Gasteiger partial charge on any atom is 0.330 e. The Labute approximate surface area is 86.6 Å². The summed E-state index contributed by atoms with van der Waals surface area (Å²) < 4.78 is 4.23. The SMILES string of the molecule is C=C(C)C(=O)O.C=C(N=C=O)OC(C)=O. The first-order valence-electron chi connectivity index (χ1n) is 3.65. The molecule has 0 atom stereocenters. The van der Waals surface area contributed by atoms with Crippen LogP contribution in [0.4, 0.5) is 0 Å². The molecule has 6 heteroatoms. The molecule has 15 heavy (non-hydrogen) atoms. The Hall–Kier alpha value is -2.20. The van der Waals surface area contributed by atoms with Gasteiger partial charge in [-0.1, -0.05) is 6.58 Å². The number of hydrogen-bond donors (Lipinski definition) is 1. The van der Waals surface area contributed by atoms with Gasteiger partial charge in [-0.2, -0.15) is 0 Å². The molecule has 0 saturated carbocycles. The number of aliphatic carboxylic acids is 1. The monoisotopic (exact) mass is 213 g/mol. The van der Waals surface area contributed by atoms with Gasteiger partial charge in [0.05, 0.1) is 0 Å². The highest BCUT2D eigenvalue weighted by Crippen LogP contribution is 1.92. The first-order chi connectivity index (χ1) is 6.81. The number of nitrogens with zero attached hydrogens (tertiary/aromatic N) is 1. The van der Waals surface area contributed by atoms with Crippen LogP contribution in [0.5, 0.6) is 0 Å². The van der Waals surface area contributed by atoms with Gasteiger partial charge >= 0.3 is 11.9 Å². The highest BCUT2D eigenvalue weighted by molar-refractivity contribution is 5.84. The number of carbonyl (C=O) groups is 2. The zero-order valence-corrected chi connectivity index (χ0v) is 8.44. The summed E-state index contributed by atoms with van der Waals surface area (Å²) in [5.41, 5.74) is 0.176. The molecule has 0 aliphatic heterocycles. The number of carboxylic acids is 1. The fourth-order valence-electron chi connectivity index (χ4n) is 0.240. The molecule has 0 amide bonds. The lowest BCUT2D eigenvalue weighted by atomic mass is 10.4. The summed E-state index contributed by atoms with van der Waals surface area (Å²) >= 11 is 0. The minimum Gasteiger partial charge on any atom is -0.478 e. The van der Waals surface area contributed by atoms with E-state index in [0.717, 1.165) is 0 Å². The smallest absolute Gasteiger partial charge is 0.330 e. The number of hydrogen-bond acceptors (Lipinski definition) is 5. The van der Waals surface area contributed by atoms with Crippen LogP contribution in [0.2, 0.25) is 0 Å². The second kappa shape index (κ2) is 8.40. The molecule has 0 radical (unpaired) electrons. The summed E-state index contributed by atoms with van der Waals surface area (Å²) in [5, 5.41) is 7.89. The third-order valence-electron chi connectivity index (χ3n) is 0.797. The number of isocyanates is 1. The van der Waals surface area contributed by atoms with E-state index < -0.39 is 11.9 Å². The third kappa shape index (κ3) is 14.6. The maximum absolute atomic E-state index is 10.1. The predicted octanol–water partition coefficient (Wildman–Crippen LogP) is 1.00. The van der Waals surface area contributed by atoms with Crippen LogP contribution in [-0.2, 0) is 19.1 Å². The van der Waals surface area contributed by atoms with Crippen molar-refractivity contribution in [3.05, 3.63) is 24.6 Å². The lowest BCUT2D eigenvalue weighted by molar-refractivity contribution is -0.137. The lowest BCUT2D eigenvalue weighted by Crippen LogP contribution is -1.94. The molecular weight excluding hydrogens is 202 g/mol. The summed E-state index contributed by atoms with van der Waals surface area (Å²) in [5.74, 6) is -1.73. The number of ether oxygens (including phenoxy) is 1. The van der Waals surface area contributed by atoms with Gasteiger partial charge in [0.15, 0.2) is 0 Å². The number of carbonyl (C=O) groups excluding carboxylic acids is 2. The Morgan fingerprint density at radius 1 is 1.33 bits per heavy atom. The number of aliphatic imine (C=N–C) groups is 1. The van der Waals surface area contributed by atoms with Crippen LogP contribution < -0.4 is 0 Å². The molecule has 0 bridgehead atoms. The number of carboxylic acid groups (broad SMARTS) is 1. The van der Waals surface area contributed by atoms with Gasteiger partial charge in [-0.25, -0.2) is 9.59 Å². The van der Waals surface area contributed by atoms with E-state index in [2.05, 4.69) is 22.9 Å². The van der Waals surface area contributed by atoms with Crippen molar-refractivity contribution in [2.75, 3.05) is 0 Å². The molecule has 0 spiro atoms. The zero-order valence-electron chi connectivity index (χ0n) is 8.44.